The number of benzene rings is 2. The van der Waals surface area contributed by atoms with Crippen molar-refractivity contribution >= 4 is 11.6 Å². The van der Waals surface area contributed by atoms with Gasteiger partial charge in [-0.05, 0) is 87.3 Å². The van der Waals surface area contributed by atoms with Crippen molar-refractivity contribution in [3.63, 3.8) is 0 Å². The van der Waals surface area contributed by atoms with Crippen LogP contribution in [0.3, 0.4) is 0 Å². The summed E-state index contributed by atoms with van der Waals surface area (Å²) in [5.74, 6) is 0.939. The maximum absolute atomic E-state index is 5.90. The van der Waals surface area contributed by atoms with Crippen LogP contribution in [0, 0.1) is 0 Å². The average Bonchev–Trinajstić information content (AvgIpc) is 2.70. The smallest absolute Gasteiger partial charge is 0.119 e. The average molecular weight is 389 g/mol. The van der Waals surface area contributed by atoms with Gasteiger partial charge < -0.3 is 15.4 Å². The van der Waals surface area contributed by atoms with Gasteiger partial charge in [-0.15, -0.1) is 0 Å². The molecule has 0 amide bonds. The lowest BCUT2D eigenvalue weighted by Gasteiger charge is -2.07. The molecule has 0 aliphatic carbocycles. The minimum absolute atomic E-state index is 0.807. The van der Waals surface area contributed by atoms with Gasteiger partial charge in [0.1, 0.15) is 5.75 Å². The first kappa shape index (κ1) is 21.7. The number of halogens is 1. The Labute approximate surface area is 169 Å². The van der Waals surface area contributed by atoms with Crippen molar-refractivity contribution in [2.45, 2.75) is 38.5 Å². The number of hydrogen-bond donors (Lipinski definition) is 2. The number of nitrogens with one attached hydrogen (secondary N) is 2. The van der Waals surface area contributed by atoms with E-state index in [1.165, 1.54) is 36.8 Å². The van der Waals surface area contributed by atoms with Crippen molar-refractivity contribution < 1.29 is 4.74 Å². The molecule has 3 nitrogen and oxygen atoms in total. The van der Waals surface area contributed by atoms with Crippen LogP contribution >= 0.6 is 11.6 Å². The molecule has 0 aliphatic heterocycles. The molecule has 2 N–H and O–H groups in total. The maximum Gasteiger partial charge on any atom is 0.119 e. The fourth-order valence-corrected chi connectivity index (χ4v) is 3.17. The Kier molecular flexibility index (Phi) is 10.9. The Balaban J connectivity index is 1.37. The second-order valence-corrected chi connectivity index (χ2v) is 7.33. The lowest BCUT2D eigenvalue weighted by atomic mass is 10.1. The number of methoxy groups -OCH3 is 1. The van der Waals surface area contributed by atoms with E-state index in [-0.39, 0.29) is 0 Å². The summed E-state index contributed by atoms with van der Waals surface area (Å²) in [7, 11) is 1.71. The van der Waals surface area contributed by atoms with Crippen molar-refractivity contribution in [3.8, 4) is 5.75 Å². The van der Waals surface area contributed by atoms with Crippen molar-refractivity contribution in [3.05, 3.63) is 64.7 Å². The molecule has 27 heavy (non-hydrogen) atoms. The van der Waals surface area contributed by atoms with Crippen molar-refractivity contribution in [1.29, 1.82) is 0 Å². The van der Waals surface area contributed by atoms with E-state index >= 15 is 0 Å². The van der Waals surface area contributed by atoms with Crippen LogP contribution in [0.5, 0.6) is 5.75 Å². The molecule has 2 aromatic carbocycles. The van der Waals surface area contributed by atoms with Crippen LogP contribution in [0.25, 0.3) is 0 Å². The van der Waals surface area contributed by atoms with Gasteiger partial charge in [0.05, 0.1) is 7.11 Å². The van der Waals surface area contributed by atoms with E-state index in [1.807, 2.05) is 18.2 Å². The summed E-state index contributed by atoms with van der Waals surface area (Å²) in [5, 5.41) is 7.87. The Hall–Kier alpha value is -1.55. The molecule has 0 saturated heterocycles. The van der Waals surface area contributed by atoms with E-state index in [1.54, 1.807) is 7.11 Å². The molecule has 0 radical (unpaired) electrons. The molecule has 0 spiro atoms. The van der Waals surface area contributed by atoms with Gasteiger partial charge in [0.15, 0.2) is 0 Å². The Morgan fingerprint density at radius 1 is 0.741 bits per heavy atom. The van der Waals surface area contributed by atoms with Crippen LogP contribution in [0.4, 0.5) is 0 Å². The third-order valence-electron chi connectivity index (χ3n) is 4.69. The summed E-state index contributed by atoms with van der Waals surface area (Å²) in [6.45, 7) is 4.28. The van der Waals surface area contributed by atoms with E-state index < -0.39 is 0 Å². The molecule has 148 valence electrons. The summed E-state index contributed by atoms with van der Waals surface area (Å²) in [4.78, 5) is 0. The fourth-order valence-electron chi connectivity index (χ4n) is 3.05. The third-order valence-corrected chi connectivity index (χ3v) is 4.94. The van der Waals surface area contributed by atoms with Crippen LogP contribution in [-0.4, -0.2) is 33.3 Å². The molecule has 0 bridgehead atoms. The standard InChI is InChI=1S/C23H33ClN2O/c1-27-23-8-6-7-21(19-23)14-18-26-16-5-3-2-4-15-25-17-13-20-9-11-22(24)12-10-20/h6-12,19,25-26H,2-5,13-18H2,1H3. The van der Waals surface area contributed by atoms with Gasteiger partial charge in [-0.3, -0.25) is 0 Å². The Morgan fingerprint density at radius 3 is 2.00 bits per heavy atom. The fraction of sp³-hybridized carbons (Fsp3) is 0.478. The van der Waals surface area contributed by atoms with Gasteiger partial charge in [0.25, 0.3) is 0 Å². The minimum atomic E-state index is 0.807. The van der Waals surface area contributed by atoms with Crippen molar-refractivity contribution in [1.82, 2.24) is 10.6 Å². The van der Waals surface area contributed by atoms with E-state index in [2.05, 4.69) is 41.0 Å². The highest BCUT2D eigenvalue weighted by Crippen LogP contribution is 2.12. The molecular weight excluding hydrogens is 356 g/mol. The minimum Gasteiger partial charge on any atom is -0.497 e. The zero-order chi connectivity index (χ0) is 19.2. The Bertz CT molecular complexity index is 631. The van der Waals surface area contributed by atoms with Crippen molar-refractivity contribution in [2.24, 2.45) is 0 Å². The quantitative estimate of drug-likeness (QED) is 0.453. The molecule has 2 aromatic rings. The van der Waals surface area contributed by atoms with E-state index in [0.29, 0.717) is 0 Å². The SMILES string of the molecule is COc1cccc(CCNCCCCCCNCCc2ccc(Cl)cc2)c1. The molecular formula is C23H33ClN2O. The summed E-state index contributed by atoms with van der Waals surface area (Å²) >= 11 is 5.90. The predicted molar refractivity (Wildman–Crippen MR) is 116 cm³/mol. The van der Waals surface area contributed by atoms with Gasteiger partial charge in [-0.1, -0.05) is 48.7 Å². The summed E-state index contributed by atoms with van der Waals surface area (Å²) < 4.78 is 5.26. The second kappa shape index (κ2) is 13.6. The first-order valence-corrected chi connectivity index (χ1v) is 10.4. The van der Waals surface area contributed by atoms with Gasteiger partial charge in [-0.2, -0.15) is 0 Å². The van der Waals surface area contributed by atoms with E-state index in [9.17, 15) is 0 Å². The van der Waals surface area contributed by atoms with Crippen LogP contribution in [0.1, 0.15) is 36.8 Å². The van der Waals surface area contributed by atoms with Crippen LogP contribution in [0.2, 0.25) is 5.02 Å². The molecule has 0 saturated carbocycles. The first-order valence-electron chi connectivity index (χ1n) is 10.1. The lowest BCUT2D eigenvalue weighted by Crippen LogP contribution is -2.19. The molecule has 2 rings (SSSR count). The lowest BCUT2D eigenvalue weighted by molar-refractivity contribution is 0.414. The summed E-state index contributed by atoms with van der Waals surface area (Å²) in [5.41, 5.74) is 2.67. The summed E-state index contributed by atoms with van der Waals surface area (Å²) in [6.07, 6.45) is 7.22. The highest BCUT2D eigenvalue weighted by atomic mass is 35.5. The predicted octanol–water partition coefficient (Wildman–Crippen LogP) is 4.87. The van der Waals surface area contributed by atoms with Crippen LogP contribution < -0.4 is 15.4 Å². The van der Waals surface area contributed by atoms with E-state index in [0.717, 1.165) is 49.8 Å². The highest BCUT2D eigenvalue weighted by molar-refractivity contribution is 6.30. The monoisotopic (exact) mass is 388 g/mol. The third kappa shape index (κ3) is 9.81. The molecule has 4 heteroatoms. The van der Waals surface area contributed by atoms with E-state index in [4.69, 9.17) is 16.3 Å². The number of rotatable bonds is 14. The van der Waals surface area contributed by atoms with Gasteiger partial charge >= 0.3 is 0 Å². The molecule has 0 unspecified atom stereocenters. The second-order valence-electron chi connectivity index (χ2n) is 6.89. The van der Waals surface area contributed by atoms with Gasteiger partial charge in [0.2, 0.25) is 0 Å². The maximum atomic E-state index is 5.90. The number of hydrogen-bond acceptors (Lipinski definition) is 3. The highest BCUT2D eigenvalue weighted by Gasteiger charge is 1.97. The molecule has 0 heterocycles. The van der Waals surface area contributed by atoms with Crippen molar-refractivity contribution in [2.75, 3.05) is 33.3 Å². The van der Waals surface area contributed by atoms with Crippen LogP contribution in [-0.2, 0) is 12.8 Å². The largest absolute Gasteiger partial charge is 0.497 e. The number of unbranched alkanes of at least 4 members (excludes halogenated alkanes) is 3. The Morgan fingerprint density at radius 2 is 1.37 bits per heavy atom. The molecule has 0 fully saturated rings. The molecule has 0 aromatic heterocycles. The molecule has 0 aliphatic rings. The summed E-state index contributed by atoms with van der Waals surface area (Å²) in [6, 6.07) is 16.4. The van der Waals surface area contributed by atoms with Gasteiger partial charge in [0, 0.05) is 5.02 Å². The zero-order valence-corrected chi connectivity index (χ0v) is 17.2. The zero-order valence-electron chi connectivity index (χ0n) is 16.5. The molecule has 0 atom stereocenters. The first-order chi connectivity index (χ1) is 13.3. The topological polar surface area (TPSA) is 33.3 Å². The normalized spacial score (nSPS) is 10.9. The van der Waals surface area contributed by atoms with Crippen LogP contribution in [0.15, 0.2) is 48.5 Å². The van der Waals surface area contributed by atoms with Gasteiger partial charge in [-0.25, -0.2) is 0 Å². The number of ether oxygens (including phenoxy) is 1.